The molecule has 0 spiro atoms. The summed E-state index contributed by atoms with van der Waals surface area (Å²) in [4.78, 5) is 2.52. The highest BCUT2D eigenvalue weighted by Crippen LogP contribution is 2.21. The topological polar surface area (TPSA) is 73.2 Å². The van der Waals surface area contributed by atoms with Crippen LogP contribution in [0.1, 0.15) is 31.7 Å². The minimum absolute atomic E-state index is 0.102. The predicted molar refractivity (Wildman–Crippen MR) is 90.8 cm³/mol. The fourth-order valence-corrected chi connectivity index (χ4v) is 4.22. The van der Waals surface area contributed by atoms with Gasteiger partial charge in [-0.3, -0.25) is 0 Å². The molecule has 0 aliphatic carbocycles. The van der Waals surface area contributed by atoms with E-state index in [0.29, 0.717) is 12.5 Å². The number of nitrogens with zero attached hydrogens (tertiary/aromatic N) is 2. The highest BCUT2D eigenvalue weighted by Gasteiger charge is 2.22. The van der Waals surface area contributed by atoms with Crippen molar-refractivity contribution in [3.63, 3.8) is 0 Å². The zero-order chi connectivity index (χ0) is 16.9. The van der Waals surface area contributed by atoms with E-state index in [4.69, 9.17) is 16.9 Å². The Labute approximate surface area is 143 Å². The van der Waals surface area contributed by atoms with Crippen LogP contribution in [0.3, 0.4) is 0 Å². The van der Waals surface area contributed by atoms with Gasteiger partial charge in [0, 0.05) is 6.54 Å². The van der Waals surface area contributed by atoms with E-state index in [1.807, 2.05) is 6.07 Å². The minimum Gasteiger partial charge on any atom is -0.303 e. The number of hydrogen-bond donors (Lipinski definition) is 1. The predicted octanol–water partition coefficient (Wildman–Crippen LogP) is 2.61. The Morgan fingerprint density at radius 2 is 2.09 bits per heavy atom. The maximum Gasteiger partial charge on any atom is 0.240 e. The lowest BCUT2D eigenvalue weighted by Crippen LogP contribution is -2.38. The van der Waals surface area contributed by atoms with Crippen molar-refractivity contribution in [3.8, 4) is 6.07 Å². The number of sulfonamides is 1. The van der Waals surface area contributed by atoms with Gasteiger partial charge in [-0.15, -0.1) is 0 Å². The van der Waals surface area contributed by atoms with Crippen LogP contribution in [-0.4, -0.2) is 39.5 Å². The number of likely N-dealkylation sites (tertiary alicyclic amines) is 1. The van der Waals surface area contributed by atoms with Crippen LogP contribution in [0.2, 0.25) is 5.02 Å². The Kier molecular flexibility index (Phi) is 6.42. The van der Waals surface area contributed by atoms with Crippen molar-refractivity contribution >= 4 is 21.6 Å². The van der Waals surface area contributed by atoms with Crippen LogP contribution in [0.5, 0.6) is 0 Å². The van der Waals surface area contributed by atoms with Gasteiger partial charge in [-0.25, -0.2) is 13.1 Å². The van der Waals surface area contributed by atoms with E-state index >= 15 is 0 Å². The Hall–Kier alpha value is -1.13. The third kappa shape index (κ3) is 4.92. The molecule has 0 saturated carbocycles. The van der Waals surface area contributed by atoms with E-state index in [0.717, 1.165) is 38.9 Å². The second kappa shape index (κ2) is 8.11. The molecule has 0 amide bonds. The first-order chi connectivity index (χ1) is 11.0. The van der Waals surface area contributed by atoms with Gasteiger partial charge in [-0.05, 0) is 63.0 Å². The second-order valence-electron chi connectivity index (χ2n) is 5.89. The molecular weight excluding hydrogens is 334 g/mol. The summed E-state index contributed by atoms with van der Waals surface area (Å²) in [7, 11) is -3.59. The summed E-state index contributed by atoms with van der Waals surface area (Å²) in [5.74, 6) is 0.367. The second-order valence-corrected chi connectivity index (χ2v) is 8.06. The lowest BCUT2D eigenvalue weighted by atomic mass is 9.97. The lowest BCUT2D eigenvalue weighted by Gasteiger charge is -2.31. The third-order valence-corrected chi connectivity index (χ3v) is 5.91. The van der Waals surface area contributed by atoms with Gasteiger partial charge in [-0.2, -0.15) is 5.26 Å². The number of benzene rings is 1. The highest BCUT2D eigenvalue weighted by atomic mass is 35.5. The fourth-order valence-electron chi connectivity index (χ4n) is 2.79. The summed E-state index contributed by atoms with van der Waals surface area (Å²) in [6.45, 7) is 5.79. The molecular formula is C16H22ClN3O2S. The first-order valence-electron chi connectivity index (χ1n) is 7.88. The van der Waals surface area contributed by atoms with Gasteiger partial charge in [0.1, 0.15) is 6.07 Å². The zero-order valence-corrected chi connectivity index (χ0v) is 14.8. The average Bonchev–Trinajstić information content (AvgIpc) is 2.54. The molecule has 126 valence electrons. The normalized spacial score (nSPS) is 17.1. The van der Waals surface area contributed by atoms with Gasteiger partial charge in [0.2, 0.25) is 10.0 Å². The zero-order valence-electron chi connectivity index (χ0n) is 13.3. The first-order valence-corrected chi connectivity index (χ1v) is 9.74. The van der Waals surface area contributed by atoms with Crippen molar-refractivity contribution in [2.75, 3.05) is 26.2 Å². The first kappa shape index (κ1) is 18.2. The van der Waals surface area contributed by atoms with E-state index in [-0.39, 0.29) is 15.5 Å². The van der Waals surface area contributed by atoms with E-state index in [2.05, 4.69) is 16.5 Å². The van der Waals surface area contributed by atoms with Crippen molar-refractivity contribution in [2.24, 2.45) is 5.92 Å². The lowest BCUT2D eigenvalue weighted by molar-refractivity contribution is 0.186. The van der Waals surface area contributed by atoms with Crippen LogP contribution in [-0.2, 0) is 10.0 Å². The van der Waals surface area contributed by atoms with Crippen molar-refractivity contribution in [1.29, 1.82) is 5.26 Å². The third-order valence-electron chi connectivity index (χ3n) is 4.18. The number of rotatable bonds is 6. The molecule has 23 heavy (non-hydrogen) atoms. The molecule has 0 unspecified atom stereocenters. The SMILES string of the molecule is CCCN1CCC(CNS(=O)(=O)c2ccc(C#N)c(Cl)c2)CC1. The van der Waals surface area contributed by atoms with Gasteiger partial charge in [0.15, 0.2) is 0 Å². The Morgan fingerprint density at radius 3 is 2.65 bits per heavy atom. The number of piperidine rings is 1. The minimum atomic E-state index is -3.59. The van der Waals surface area contributed by atoms with Crippen molar-refractivity contribution in [2.45, 2.75) is 31.1 Å². The van der Waals surface area contributed by atoms with E-state index in [1.165, 1.54) is 18.2 Å². The van der Waals surface area contributed by atoms with E-state index in [9.17, 15) is 8.42 Å². The van der Waals surface area contributed by atoms with Gasteiger partial charge in [0.25, 0.3) is 0 Å². The molecule has 1 N–H and O–H groups in total. The van der Waals surface area contributed by atoms with Gasteiger partial charge < -0.3 is 4.90 Å². The summed E-state index contributed by atoms with van der Waals surface area (Å²) < 4.78 is 27.3. The molecule has 0 atom stereocenters. The average molecular weight is 356 g/mol. The van der Waals surface area contributed by atoms with Crippen LogP contribution >= 0.6 is 11.6 Å². The summed E-state index contributed by atoms with van der Waals surface area (Å²) in [5, 5.41) is 9.00. The van der Waals surface area contributed by atoms with E-state index < -0.39 is 10.0 Å². The largest absolute Gasteiger partial charge is 0.303 e. The molecule has 1 heterocycles. The maximum atomic E-state index is 12.3. The summed E-state index contributed by atoms with van der Waals surface area (Å²) in [6.07, 6.45) is 3.17. The van der Waals surface area contributed by atoms with Gasteiger partial charge >= 0.3 is 0 Å². The Morgan fingerprint density at radius 1 is 1.39 bits per heavy atom. The fraction of sp³-hybridized carbons (Fsp3) is 0.562. The smallest absolute Gasteiger partial charge is 0.240 e. The van der Waals surface area contributed by atoms with Gasteiger partial charge in [-0.1, -0.05) is 18.5 Å². The highest BCUT2D eigenvalue weighted by molar-refractivity contribution is 7.89. The molecule has 1 aliphatic heterocycles. The standard InChI is InChI=1S/C16H22ClN3O2S/c1-2-7-20-8-5-13(6-9-20)12-19-23(21,22)15-4-3-14(11-18)16(17)10-15/h3-4,10,13,19H,2,5-9,12H2,1H3. The van der Waals surface area contributed by atoms with Crippen LogP contribution in [0.25, 0.3) is 0 Å². The summed E-state index contributed by atoms with van der Waals surface area (Å²) in [5.41, 5.74) is 0.272. The van der Waals surface area contributed by atoms with Crippen molar-refractivity contribution in [3.05, 3.63) is 28.8 Å². The van der Waals surface area contributed by atoms with Gasteiger partial charge in [0.05, 0.1) is 15.5 Å². The molecule has 5 nitrogen and oxygen atoms in total. The molecule has 0 radical (unpaired) electrons. The molecule has 7 heteroatoms. The number of nitrogens with one attached hydrogen (secondary N) is 1. The van der Waals surface area contributed by atoms with Crippen LogP contribution in [0, 0.1) is 17.2 Å². The van der Waals surface area contributed by atoms with Crippen LogP contribution < -0.4 is 4.72 Å². The number of nitriles is 1. The monoisotopic (exact) mass is 355 g/mol. The van der Waals surface area contributed by atoms with E-state index in [1.54, 1.807) is 0 Å². The van der Waals surface area contributed by atoms with Crippen LogP contribution in [0.15, 0.2) is 23.1 Å². The molecule has 1 aromatic rings. The molecule has 1 aromatic carbocycles. The quantitative estimate of drug-likeness (QED) is 0.851. The Balaban J connectivity index is 1.92. The number of hydrogen-bond acceptors (Lipinski definition) is 4. The Bertz CT molecular complexity index is 677. The van der Waals surface area contributed by atoms with Crippen molar-refractivity contribution in [1.82, 2.24) is 9.62 Å². The maximum absolute atomic E-state index is 12.3. The molecule has 2 rings (SSSR count). The molecule has 0 bridgehead atoms. The van der Waals surface area contributed by atoms with Crippen molar-refractivity contribution < 1.29 is 8.42 Å². The number of halogens is 1. The summed E-state index contributed by atoms with van der Waals surface area (Å²) in [6, 6.07) is 6.09. The van der Waals surface area contributed by atoms with Crippen LogP contribution in [0.4, 0.5) is 0 Å². The molecule has 0 aromatic heterocycles. The molecule has 1 fully saturated rings. The molecule has 1 aliphatic rings. The summed E-state index contributed by atoms with van der Waals surface area (Å²) >= 11 is 5.91. The molecule has 1 saturated heterocycles.